The third-order valence-corrected chi connectivity index (χ3v) is 6.67. The first kappa shape index (κ1) is 25.9. The summed E-state index contributed by atoms with van der Waals surface area (Å²) in [7, 11) is 1.52. The highest BCUT2D eigenvalue weighted by Crippen LogP contribution is 2.36. The number of ether oxygens (including phenoxy) is 2. The summed E-state index contributed by atoms with van der Waals surface area (Å²) < 4.78 is 16.7. The maximum Gasteiger partial charge on any atom is 0.267 e. The van der Waals surface area contributed by atoms with E-state index in [1.54, 1.807) is 53.6 Å². The number of amidine groups is 1. The lowest BCUT2D eigenvalue weighted by molar-refractivity contribution is -0.122. The van der Waals surface area contributed by atoms with E-state index >= 15 is 0 Å². The number of amides is 2. The molecule has 0 aliphatic carbocycles. The Balaban J connectivity index is 1.33. The molecule has 1 aromatic heterocycles. The summed E-state index contributed by atoms with van der Waals surface area (Å²) in [5, 5.41) is 3.34. The van der Waals surface area contributed by atoms with E-state index in [-0.39, 0.29) is 25.0 Å². The second-order valence-corrected chi connectivity index (χ2v) is 9.43. The minimum atomic E-state index is -0.288. The molecule has 8 nitrogen and oxygen atoms in total. The predicted octanol–water partition coefficient (Wildman–Crippen LogP) is 6.11. The van der Waals surface area contributed by atoms with Crippen LogP contribution in [0.5, 0.6) is 11.5 Å². The van der Waals surface area contributed by atoms with Crippen LogP contribution in [-0.4, -0.2) is 35.6 Å². The molecule has 0 radical (unpaired) electrons. The summed E-state index contributed by atoms with van der Waals surface area (Å²) in [5.74, 6) is 1.05. The van der Waals surface area contributed by atoms with Crippen molar-refractivity contribution < 1.29 is 23.5 Å². The number of hydrogen-bond donors (Lipinski definition) is 1. The number of benzene rings is 3. The highest BCUT2D eigenvalue weighted by atomic mass is 32.2. The van der Waals surface area contributed by atoms with Crippen LogP contribution in [0.1, 0.15) is 11.3 Å². The molecule has 1 aliphatic rings. The van der Waals surface area contributed by atoms with Gasteiger partial charge in [-0.05, 0) is 71.9 Å². The molecule has 0 saturated carbocycles. The number of nitrogens with zero attached hydrogens (tertiary/aromatic N) is 2. The van der Waals surface area contributed by atoms with E-state index < -0.39 is 0 Å². The van der Waals surface area contributed by atoms with Gasteiger partial charge in [0.15, 0.2) is 23.3 Å². The first-order chi connectivity index (χ1) is 19.1. The fraction of sp³-hybridized carbons (Fsp3) is 0.100. The first-order valence-electron chi connectivity index (χ1n) is 12.1. The Bertz CT molecular complexity index is 1500. The second kappa shape index (κ2) is 12.2. The van der Waals surface area contributed by atoms with Crippen molar-refractivity contribution >= 4 is 46.2 Å². The van der Waals surface area contributed by atoms with Gasteiger partial charge >= 0.3 is 0 Å². The lowest BCUT2D eigenvalue weighted by atomic mass is 10.2. The Morgan fingerprint density at radius 1 is 1.00 bits per heavy atom. The van der Waals surface area contributed by atoms with E-state index in [1.165, 1.54) is 18.9 Å². The molecule has 1 saturated heterocycles. The minimum absolute atomic E-state index is 0.178. The van der Waals surface area contributed by atoms with Crippen LogP contribution in [0.4, 0.5) is 11.4 Å². The number of carbonyl (C=O) groups is 2. The Morgan fingerprint density at radius 3 is 2.49 bits per heavy atom. The third-order valence-electron chi connectivity index (χ3n) is 5.66. The molecule has 196 valence electrons. The largest absolute Gasteiger partial charge is 0.493 e. The SMILES string of the molecule is COc1cc(/C=C2\SC(=Nc3ccccc3)N(Cc3ccco3)C2=O)ccc1OCC(=O)Nc1ccccc1. The topological polar surface area (TPSA) is 93.4 Å². The van der Waals surface area contributed by atoms with Gasteiger partial charge in [-0.1, -0.05) is 42.5 Å². The van der Waals surface area contributed by atoms with Crippen LogP contribution in [0.15, 0.2) is 112 Å². The smallest absolute Gasteiger partial charge is 0.267 e. The molecule has 4 aromatic rings. The molecule has 2 amide bonds. The molecule has 0 atom stereocenters. The Labute approximate surface area is 229 Å². The summed E-state index contributed by atoms with van der Waals surface area (Å²) in [6.07, 6.45) is 3.36. The third kappa shape index (κ3) is 6.58. The molecular formula is C30H25N3O5S. The van der Waals surface area contributed by atoms with Gasteiger partial charge in [-0.2, -0.15) is 0 Å². The van der Waals surface area contributed by atoms with Gasteiger partial charge in [0.05, 0.1) is 30.5 Å². The van der Waals surface area contributed by atoms with Crippen molar-refractivity contribution in [2.75, 3.05) is 19.0 Å². The molecule has 39 heavy (non-hydrogen) atoms. The van der Waals surface area contributed by atoms with Crippen LogP contribution in [-0.2, 0) is 16.1 Å². The van der Waals surface area contributed by atoms with Crippen molar-refractivity contribution in [1.29, 1.82) is 0 Å². The van der Waals surface area contributed by atoms with Crippen LogP contribution in [0.2, 0.25) is 0 Å². The molecule has 1 aliphatic heterocycles. The van der Waals surface area contributed by atoms with Crippen LogP contribution < -0.4 is 14.8 Å². The number of hydrogen-bond acceptors (Lipinski definition) is 7. The van der Waals surface area contributed by atoms with Crippen molar-refractivity contribution in [3.63, 3.8) is 0 Å². The molecular weight excluding hydrogens is 514 g/mol. The van der Waals surface area contributed by atoms with Gasteiger partial charge in [0, 0.05) is 5.69 Å². The number of methoxy groups -OCH3 is 1. The molecule has 0 unspecified atom stereocenters. The van der Waals surface area contributed by atoms with E-state index in [0.717, 1.165) is 11.3 Å². The average Bonchev–Trinajstić information content (AvgIpc) is 3.58. The monoisotopic (exact) mass is 539 g/mol. The number of furan rings is 1. The van der Waals surface area contributed by atoms with Gasteiger partial charge < -0.3 is 19.2 Å². The standard InChI is InChI=1S/C30H25N3O5S/c1-36-26-17-21(14-15-25(26)38-20-28(34)31-22-9-4-2-5-10-22)18-27-29(35)33(19-24-13-8-16-37-24)30(39-27)32-23-11-6-3-7-12-23/h2-18H,19-20H2,1H3,(H,31,34)/b27-18-,32-30?. The predicted molar refractivity (Wildman–Crippen MR) is 152 cm³/mol. The number of thioether (sulfide) groups is 1. The van der Waals surface area contributed by atoms with Crippen molar-refractivity contribution in [2.45, 2.75) is 6.54 Å². The fourth-order valence-corrected chi connectivity index (χ4v) is 4.81. The van der Waals surface area contributed by atoms with E-state index in [2.05, 4.69) is 5.32 Å². The molecule has 0 bridgehead atoms. The molecule has 2 heterocycles. The quantitative estimate of drug-likeness (QED) is 0.258. The van der Waals surface area contributed by atoms with E-state index in [1.807, 2.05) is 54.6 Å². The maximum absolute atomic E-state index is 13.4. The summed E-state index contributed by atoms with van der Waals surface area (Å²) >= 11 is 1.29. The zero-order chi connectivity index (χ0) is 27.0. The van der Waals surface area contributed by atoms with Gasteiger partial charge in [0.2, 0.25) is 0 Å². The van der Waals surface area contributed by atoms with Crippen LogP contribution >= 0.6 is 11.8 Å². The van der Waals surface area contributed by atoms with Crippen LogP contribution in [0.25, 0.3) is 6.08 Å². The van der Waals surface area contributed by atoms with Gasteiger partial charge in [-0.15, -0.1) is 0 Å². The molecule has 1 fully saturated rings. The fourth-order valence-electron chi connectivity index (χ4n) is 3.81. The lowest BCUT2D eigenvalue weighted by Crippen LogP contribution is -2.28. The molecule has 3 aromatic carbocycles. The Hall–Kier alpha value is -4.76. The summed E-state index contributed by atoms with van der Waals surface area (Å²) in [6, 6.07) is 27.5. The van der Waals surface area contributed by atoms with Crippen LogP contribution in [0.3, 0.4) is 0 Å². The number of nitrogens with one attached hydrogen (secondary N) is 1. The Morgan fingerprint density at radius 2 is 1.77 bits per heavy atom. The van der Waals surface area contributed by atoms with Crippen molar-refractivity contribution in [2.24, 2.45) is 4.99 Å². The number of carbonyl (C=O) groups excluding carboxylic acids is 2. The Kier molecular flexibility index (Phi) is 8.09. The van der Waals surface area contributed by atoms with Gasteiger partial charge in [0.1, 0.15) is 5.76 Å². The normalized spacial score (nSPS) is 15.1. The molecule has 5 rings (SSSR count). The van der Waals surface area contributed by atoms with Gasteiger partial charge in [-0.25, -0.2) is 4.99 Å². The van der Waals surface area contributed by atoms with Gasteiger partial charge in [-0.3, -0.25) is 14.5 Å². The van der Waals surface area contributed by atoms with Crippen molar-refractivity contribution in [3.8, 4) is 11.5 Å². The number of rotatable bonds is 9. The first-order valence-corrected chi connectivity index (χ1v) is 12.9. The van der Waals surface area contributed by atoms with Crippen molar-refractivity contribution in [1.82, 2.24) is 4.90 Å². The second-order valence-electron chi connectivity index (χ2n) is 8.42. The minimum Gasteiger partial charge on any atom is -0.493 e. The highest BCUT2D eigenvalue weighted by molar-refractivity contribution is 8.18. The average molecular weight is 540 g/mol. The number of aliphatic imine (C=N–C) groups is 1. The van der Waals surface area contributed by atoms with E-state index in [4.69, 9.17) is 18.9 Å². The van der Waals surface area contributed by atoms with E-state index in [9.17, 15) is 9.59 Å². The lowest BCUT2D eigenvalue weighted by Gasteiger charge is -2.13. The summed E-state index contributed by atoms with van der Waals surface area (Å²) in [4.78, 5) is 32.5. The number of para-hydroxylation sites is 2. The zero-order valence-electron chi connectivity index (χ0n) is 21.1. The summed E-state index contributed by atoms with van der Waals surface area (Å²) in [6.45, 7) is 0.0874. The van der Waals surface area contributed by atoms with Crippen LogP contribution in [0, 0.1) is 0 Å². The zero-order valence-corrected chi connectivity index (χ0v) is 21.9. The highest BCUT2D eigenvalue weighted by Gasteiger charge is 2.34. The van der Waals surface area contributed by atoms with Gasteiger partial charge in [0.25, 0.3) is 11.8 Å². The molecule has 1 N–H and O–H groups in total. The maximum atomic E-state index is 13.4. The number of anilines is 1. The molecule has 0 spiro atoms. The molecule has 9 heteroatoms. The van der Waals surface area contributed by atoms with Crippen molar-refractivity contribution in [3.05, 3.63) is 113 Å². The van der Waals surface area contributed by atoms with E-state index in [0.29, 0.717) is 33.0 Å². The summed E-state index contributed by atoms with van der Waals surface area (Å²) in [5.41, 5.74) is 2.18.